The molecule has 1 aromatic carbocycles. The molecule has 2 heterocycles. The summed E-state index contributed by atoms with van der Waals surface area (Å²) in [5.41, 5.74) is 2.01. The lowest BCUT2D eigenvalue weighted by atomic mass is 9.86. The predicted octanol–water partition coefficient (Wildman–Crippen LogP) is 3.17. The van der Waals surface area contributed by atoms with Crippen molar-refractivity contribution < 1.29 is 9.59 Å². The van der Waals surface area contributed by atoms with Crippen LogP contribution in [0.4, 0.5) is 0 Å². The molecule has 2 amide bonds. The standard InChI is InChI=1S/C22H30N4O2/c1-22(2,3)18(21(28)23-4)25-20(27)17-16-13-9-6-10-14-26(16)19(24-17)15-11-7-5-8-12-15/h5,7-8,11-12,18H,6,9-10,13-14H2,1-4H3,(H,23,28)(H,25,27)/t18-/m1/s1. The molecule has 0 saturated carbocycles. The fourth-order valence-electron chi connectivity index (χ4n) is 3.73. The molecule has 150 valence electrons. The van der Waals surface area contributed by atoms with Crippen molar-refractivity contribution in [3.05, 3.63) is 41.7 Å². The van der Waals surface area contributed by atoms with Crippen LogP contribution in [0.15, 0.2) is 30.3 Å². The molecule has 0 saturated heterocycles. The Kier molecular flexibility index (Phi) is 5.87. The molecule has 6 heteroatoms. The largest absolute Gasteiger partial charge is 0.357 e. The van der Waals surface area contributed by atoms with Gasteiger partial charge in [0.25, 0.3) is 5.91 Å². The van der Waals surface area contributed by atoms with E-state index in [2.05, 4.69) is 15.2 Å². The van der Waals surface area contributed by atoms with Gasteiger partial charge in [0.2, 0.25) is 5.91 Å². The minimum absolute atomic E-state index is 0.200. The average molecular weight is 383 g/mol. The highest BCUT2D eigenvalue weighted by Crippen LogP contribution is 2.28. The number of hydrogen-bond acceptors (Lipinski definition) is 3. The zero-order valence-electron chi connectivity index (χ0n) is 17.2. The van der Waals surface area contributed by atoms with E-state index in [1.807, 2.05) is 51.1 Å². The van der Waals surface area contributed by atoms with Crippen molar-refractivity contribution in [1.29, 1.82) is 0 Å². The average Bonchev–Trinajstić information content (AvgIpc) is 2.86. The third-order valence-corrected chi connectivity index (χ3v) is 5.26. The van der Waals surface area contributed by atoms with Gasteiger partial charge in [0.05, 0.1) is 5.69 Å². The summed E-state index contributed by atoms with van der Waals surface area (Å²) in [6.07, 6.45) is 4.08. The number of hydrogen-bond donors (Lipinski definition) is 2. The number of imidazole rings is 1. The fourth-order valence-corrected chi connectivity index (χ4v) is 3.73. The molecule has 1 atom stereocenters. The van der Waals surface area contributed by atoms with Gasteiger partial charge in [-0.3, -0.25) is 9.59 Å². The molecule has 3 rings (SSSR count). The van der Waals surface area contributed by atoms with Crippen LogP contribution in [0.1, 0.15) is 56.2 Å². The zero-order chi connectivity index (χ0) is 20.3. The Morgan fingerprint density at radius 1 is 1.11 bits per heavy atom. The van der Waals surface area contributed by atoms with Crippen LogP contribution in [-0.2, 0) is 17.8 Å². The van der Waals surface area contributed by atoms with E-state index in [1.165, 1.54) is 0 Å². The summed E-state index contributed by atoms with van der Waals surface area (Å²) in [6, 6.07) is 9.34. The van der Waals surface area contributed by atoms with Crippen LogP contribution >= 0.6 is 0 Å². The maximum Gasteiger partial charge on any atom is 0.272 e. The van der Waals surface area contributed by atoms with Crippen molar-refractivity contribution in [2.24, 2.45) is 5.41 Å². The number of likely N-dealkylation sites (N-methyl/N-ethyl adjacent to an activating group) is 1. The summed E-state index contributed by atoms with van der Waals surface area (Å²) in [4.78, 5) is 30.3. The Labute approximate surface area is 166 Å². The Morgan fingerprint density at radius 2 is 1.82 bits per heavy atom. The van der Waals surface area contributed by atoms with Crippen LogP contribution < -0.4 is 10.6 Å². The molecule has 0 unspecified atom stereocenters. The Morgan fingerprint density at radius 3 is 2.46 bits per heavy atom. The Balaban J connectivity index is 2.00. The molecule has 1 aliphatic rings. The van der Waals surface area contributed by atoms with Gasteiger partial charge in [0.1, 0.15) is 17.6 Å². The number of rotatable bonds is 4. The molecule has 2 N–H and O–H groups in total. The number of amides is 2. The van der Waals surface area contributed by atoms with Crippen molar-refractivity contribution >= 4 is 11.8 Å². The lowest BCUT2D eigenvalue weighted by Crippen LogP contribution is -2.53. The zero-order valence-corrected chi connectivity index (χ0v) is 17.2. The topological polar surface area (TPSA) is 76.0 Å². The molecule has 0 radical (unpaired) electrons. The van der Waals surface area contributed by atoms with Crippen molar-refractivity contribution in [2.45, 2.75) is 59.0 Å². The van der Waals surface area contributed by atoms with Crippen LogP contribution in [0.3, 0.4) is 0 Å². The van der Waals surface area contributed by atoms with E-state index < -0.39 is 11.5 Å². The van der Waals surface area contributed by atoms with E-state index in [0.29, 0.717) is 5.69 Å². The van der Waals surface area contributed by atoms with Gasteiger partial charge in [-0.25, -0.2) is 4.98 Å². The number of fused-ring (bicyclic) bond motifs is 1. The second-order valence-electron chi connectivity index (χ2n) is 8.45. The normalized spacial score (nSPS) is 15.3. The first kappa shape index (κ1) is 20.1. The van der Waals surface area contributed by atoms with Crippen molar-refractivity contribution in [1.82, 2.24) is 20.2 Å². The van der Waals surface area contributed by atoms with Crippen LogP contribution in [0.25, 0.3) is 11.4 Å². The second kappa shape index (κ2) is 8.17. The van der Waals surface area contributed by atoms with E-state index in [-0.39, 0.29) is 11.8 Å². The molecular formula is C22H30N4O2. The predicted molar refractivity (Wildman–Crippen MR) is 110 cm³/mol. The molecule has 0 bridgehead atoms. The summed E-state index contributed by atoms with van der Waals surface area (Å²) in [6.45, 7) is 6.68. The third kappa shape index (κ3) is 4.11. The SMILES string of the molecule is CNC(=O)[C@@H](NC(=O)c1nc(-c2ccccc2)n2c1CCCCC2)C(C)(C)C. The summed E-state index contributed by atoms with van der Waals surface area (Å²) < 4.78 is 2.18. The van der Waals surface area contributed by atoms with E-state index in [1.54, 1.807) is 7.05 Å². The smallest absolute Gasteiger partial charge is 0.272 e. The number of nitrogens with one attached hydrogen (secondary N) is 2. The quantitative estimate of drug-likeness (QED) is 0.853. The lowest BCUT2D eigenvalue weighted by Gasteiger charge is -2.29. The number of carbonyl (C=O) groups excluding carboxylic acids is 2. The lowest BCUT2D eigenvalue weighted by molar-refractivity contribution is -0.124. The summed E-state index contributed by atoms with van der Waals surface area (Å²) in [5, 5.41) is 5.59. The minimum atomic E-state index is -0.631. The van der Waals surface area contributed by atoms with Gasteiger partial charge in [0, 0.05) is 19.2 Å². The molecule has 1 aromatic heterocycles. The van der Waals surface area contributed by atoms with Crippen LogP contribution in [-0.4, -0.2) is 34.5 Å². The van der Waals surface area contributed by atoms with Crippen molar-refractivity contribution in [3.63, 3.8) is 0 Å². The maximum atomic E-state index is 13.2. The molecular weight excluding hydrogens is 352 g/mol. The Hall–Kier alpha value is -2.63. The maximum absolute atomic E-state index is 13.2. The monoisotopic (exact) mass is 382 g/mol. The number of carbonyl (C=O) groups is 2. The summed E-state index contributed by atoms with van der Waals surface area (Å²) in [7, 11) is 1.59. The Bertz CT molecular complexity index is 849. The van der Waals surface area contributed by atoms with Crippen LogP contribution in [0, 0.1) is 5.41 Å². The van der Waals surface area contributed by atoms with E-state index in [4.69, 9.17) is 4.98 Å². The first-order valence-corrected chi connectivity index (χ1v) is 10.00. The van der Waals surface area contributed by atoms with Gasteiger partial charge in [-0.1, -0.05) is 57.5 Å². The highest BCUT2D eigenvalue weighted by Gasteiger charge is 2.34. The van der Waals surface area contributed by atoms with E-state index in [9.17, 15) is 9.59 Å². The second-order valence-corrected chi connectivity index (χ2v) is 8.45. The molecule has 0 fully saturated rings. The van der Waals surface area contributed by atoms with Gasteiger partial charge in [-0.2, -0.15) is 0 Å². The van der Waals surface area contributed by atoms with E-state index in [0.717, 1.165) is 49.3 Å². The minimum Gasteiger partial charge on any atom is -0.357 e. The van der Waals surface area contributed by atoms with Gasteiger partial charge in [0.15, 0.2) is 0 Å². The van der Waals surface area contributed by atoms with Gasteiger partial charge < -0.3 is 15.2 Å². The van der Waals surface area contributed by atoms with Crippen LogP contribution in [0.2, 0.25) is 0 Å². The number of benzene rings is 1. The van der Waals surface area contributed by atoms with Gasteiger partial charge in [-0.15, -0.1) is 0 Å². The highest BCUT2D eigenvalue weighted by atomic mass is 16.2. The highest BCUT2D eigenvalue weighted by molar-refractivity contribution is 5.97. The van der Waals surface area contributed by atoms with Crippen molar-refractivity contribution in [3.8, 4) is 11.4 Å². The molecule has 6 nitrogen and oxygen atoms in total. The summed E-state index contributed by atoms with van der Waals surface area (Å²) >= 11 is 0. The van der Waals surface area contributed by atoms with Gasteiger partial charge in [-0.05, 0) is 24.7 Å². The molecule has 2 aromatic rings. The molecule has 1 aliphatic heterocycles. The molecule has 0 spiro atoms. The molecule has 28 heavy (non-hydrogen) atoms. The van der Waals surface area contributed by atoms with Crippen molar-refractivity contribution in [2.75, 3.05) is 7.05 Å². The summed E-state index contributed by atoms with van der Waals surface area (Å²) in [5.74, 6) is 0.348. The molecule has 0 aliphatic carbocycles. The number of nitrogens with zero attached hydrogens (tertiary/aromatic N) is 2. The first-order chi connectivity index (χ1) is 13.3. The van der Waals surface area contributed by atoms with Crippen LogP contribution in [0.5, 0.6) is 0 Å². The third-order valence-electron chi connectivity index (χ3n) is 5.26. The first-order valence-electron chi connectivity index (χ1n) is 10.00. The fraction of sp³-hybridized carbons (Fsp3) is 0.500. The van der Waals surface area contributed by atoms with Gasteiger partial charge >= 0.3 is 0 Å². The van der Waals surface area contributed by atoms with E-state index >= 15 is 0 Å². The number of aromatic nitrogens is 2.